The fourth-order valence-corrected chi connectivity index (χ4v) is 5.64. The van der Waals surface area contributed by atoms with E-state index in [0.717, 1.165) is 25.1 Å². The molecule has 0 aliphatic carbocycles. The molecule has 1 aromatic rings. The van der Waals surface area contributed by atoms with Gasteiger partial charge >= 0.3 is 8.60 Å². The average molecular weight is 583 g/mol. The number of likely N-dealkylation sites (tertiary alicyclic amines) is 1. The smallest absolute Gasteiger partial charge is 0.330 e. The van der Waals surface area contributed by atoms with Gasteiger partial charge in [0.15, 0.2) is 0 Å². The molecule has 0 amide bonds. The molecule has 2 rings (SSSR count). The summed E-state index contributed by atoms with van der Waals surface area (Å²) in [5.41, 5.74) is 1.12. The Morgan fingerprint density at radius 3 is 1.85 bits per heavy atom. The molecule has 2 atom stereocenters. The predicted octanol–water partition coefficient (Wildman–Crippen LogP) is 7.39. The molecule has 0 saturated carbocycles. The highest BCUT2D eigenvalue weighted by Gasteiger charge is 2.19. The number of ether oxygens (including phenoxy) is 2. The monoisotopic (exact) mass is 582 g/mol. The average Bonchev–Trinajstić information content (AvgIpc) is 2.95. The van der Waals surface area contributed by atoms with Crippen molar-refractivity contribution in [2.45, 2.75) is 129 Å². The Balaban J connectivity index is 1.43. The summed E-state index contributed by atoms with van der Waals surface area (Å²) in [6.07, 6.45) is 23.0. The van der Waals surface area contributed by atoms with E-state index >= 15 is 0 Å². The van der Waals surface area contributed by atoms with E-state index < -0.39 is 8.60 Å². The van der Waals surface area contributed by atoms with Gasteiger partial charge in [-0.05, 0) is 12.0 Å². The normalized spacial score (nSPS) is 15.2. The van der Waals surface area contributed by atoms with Gasteiger partial charge in [0.05, 0.1) is 32.9 Å². The molecule has 1 saturated heterocycles. The zero-order valence-electron chi connectivity index (χ0n) is 25.7. The second-order valence-electron chi connectivity index (χ2n) is 11.5. The molecule has 1 aliphatic rings. The highest BCUT2D eigenvalue weighted by atomic mass is 31.2. The molecule has 40 heavy (non-hydrogen) atoms. The van der Waals surface area contributed by atoms with E-state index in [1.54, 1.807) is 0 Å². The number of unbranched alkanes of at least 4 members (excludes halogenated alkanes) is 15. The highest BCUT2D eigenvalue weighted by Crippen LogP contribution is 2.32. The third-order valence-electron chi connectivity index (χ3n) is 7.86. The first-order chi connectivity index (χ1) is 19.8. The summed E-state index contributed by atoms with van der Waals surface area (Å²) in [5.74, 6) is 0. The van der Waals surface area contributed by atoms with Crippen LogP contribution in [0.4, 0.5) is 0 Å². The topological polar surface area (TPSA) is 61.6 Å². The van der Waals surface area contributed by atoms with E-state index in [2.05, 4.69) is 19.1 Å². The van der Waals surface area contributed by atoms with Gasteiger partial charge in [0.25, 0.3) is 0 Å². The minimum Gasteiger partial charge on any atom is -0.379 e. The zero-order valence-corrected chi connectivity index (χ0v) is 26.6. The second-order valence-corrected chi connectivity index (χ2v) is 12.5. The van der Waals surface area contributed by atoms with Gasteiger partial charge in [0, 0.05) is 13.0 Å². The maximum atomic E-state index is 10.1. The molecule has 232 valence electrons. The van der Waals surface area contributed by atoms with Crippen molar-refractivity contribution >= 4 is 8.60 Å². The van der Waals surface area contributed by atoms with Crippen molar-refractivity contribution in [3.63, 3.8) is 0 Å². The van der Waals surface area contributed by atoms with Crippen LogP contribution in [0.2, 0.25) is 0 Å². The van der Waals surface area contributed by atoms with Crippen molar-refractivity contribution in [2.24, 2.45) is 0 Å². The van der Waals surface area contributed by atoms with Crippen molar-refractivity contribution in [2.75, 3.05) is 46.1 Å². The Bertz CT molecular complexity index is 664. The fourth-order valence-electron chi connectivity index (χ4n) is 5.03. The standard InChI is InChI=1S/C33H60NO5P/c1-2-3-4-5-6-7-8-9-10-11-12-13-14-15-16-20-27-36-30-33(37-29-32-22-18-17-19-23-32)31-39-40(35)38-28-26-34-24-21-25-34/h17-19,22-23,33,35H,2-16,20-21,24-31H2,1H3/p+1. The third-order valence-corrected chi connectivity index (χ3v) is 8.64. The maximum absolute atomic E-state index is 10.1. The van der Waals surface area contributed by atoms with Crippen LogP contribution >= 0.6 is 8.60 Å². The van der Waals surface area contributed by atoms with Crippen LogP contribution < -0.4 is 4.90 Å². The van der Waals surface area contributed by atoms with E-state index in [1.165, 1.54) is 121 Å². The molecule has 2 N–H and O–H groups in total. The van der Waals surface area contributed by atoms with Crippen molar-refractivity contribution in [3.05, 3.63) is 35.9 Å². The second kappa shape index (κ2) is 26.1. The molecule has 0 bridgehead atoms. The van der Waals surface area contributed by atoms with Crippen LogP contribution in [0.25, 0.3) is 0 Å². The van der Waals surface area contributed by atoms with E-state index in [0.29, 0.717) is 19.8 Å². The Labute approximate surface area is 247 Å². The van der Waals surface area contributed by atoms with Crippen LogP contribution in [0, 0.1) is 0 Å². The number of benzene rings is 1. The third kappa shape index (κ3) is 20.3. The van der Waals surface area contributed by atoms with Crippen molar-refractivity contribution in [1.29, 1.82) is 0 Å². The summed E-state index contributed by atoms with van der Waals surface area (Å²) < 4.78 is 23.1. The molecule has 1 aromatic carbocycles. The van der Waals surface area contributed by atoms with Crippen LogP contribution in [0.1, 0.15) is 122 Å². The van der Waals surface area contributed by atoms with Crippen LogP contribution in [0.15, 0.2) is 30.3 Å². The molecule has 0 radical (unpaired) electrons. The number of rotatable bonds is 29. The largest absolute Gasteiger partial charge is 0.379 e. The van der Waals surface area contributed by atoms with Gasteiger partial charge in [-0.1, -0.05) is 134 Å². The van der Waals surface area contributed by atoms with E-state index in [9.17, 15) is 4.89 Å². The maximum Gasteiger partial charge on any atom is 0.330 e. The summed E-state index contributed by atoms with van der Waals surface area (Å²) in [6.45, 7) is 8.14. The van der Waals surface area contributed by atoms with Crippen LogP contribution in [0.5, 0.6) is 0 Å². The summed E-state index contributed by atoms with van der Waals surface area (Å²) in [6, 6.07) is 10.1. The molecule has 0 spiro atoms. The molecular weight excluding hydrogens is 521 g/mol. The molecule has 7 heteroatoms. The summed E-state index contributed by atoms with van der Waals surface area (Å²) >= 11 is 0. The predicted molar refractivity (Wildman–Crippen MR) is 167 cm³/mol. The Kier molecular flexibility index (Phi) is 23.2. The number of hydrogen-bond acceptors (Lipinski definition) is 5. The van der Waals surface area contributed by atoms with E-state index in [4.69, 9.17) is 18.5 Å². The Morgan fingerprint density at radius 2 is 1.30 bits per heavy atom. The molecule has 1 fully saturated rings. The lowest BCUT2D eigenvalue weighted by Gasteiger charge is -2.27. The lowest BCUT2D eigenvalue weighted by molar-refractivity contribution is -0.938. The van der Waals surface area contributed by atoms with E-state index in [1.807, 2.05) is 18.2 Å². The Morgan fingerprint density at radius 1 is 0.725 bits per heavy atom. The van der Waals surface area contributed by atoms with Crippen molar-refractivity contribution in [1.82, 2.24) is 0 Å². The minimum atomic E-state index is -1.88. The van der Waals surface area contributed by atoms with Crippen LogP contribution in [0.3, 0.4) is 0 Å². The van der Waals surface area contributed by atoms with Gasteiger partial charge < -0.3 is 28.3 Å². The first-order valence-corrected chi connectivity index (χ1v) is 17.7. The van der Waals surface area contributed by atoms with Gasteiger partial charge in [-0.25, -0.2) is 0 Å². The SMILES string of the molecule is CCCCCCCCCCCCCCCCCCOCC(COP(O)OCC[NH+]1CCC1)OCc1ccccc1. The van der Waals surface area contributed by atoms with Crippen LogP contribution in [-0.2, 0) is 25.1 Å². The van der Waals surface area contributed by atoms with Crippen molar-refractivity contribution < 1.29 is 28.3 Å². The molecule has 1 aliphatic heterocycles. The van der Waals surface area contributed by atoms with Crippen LogP contribution in [-0.4, -0.2) is 57.1 Å². The number of hydrogen-bond donors (Lipinski definition) is 2. The molecule has 1 heterocycles. The quantitative estimate of drug-likeness (QED) is 0.0762. The summed E-state index contributed by atoms with van der Waals surface area (Å²) in [5, 5.41) is 0. The first-order valence-electron chi connectivity index (χ1n) is 16.6. The van der Waals surface area contributed by atoms with E-state index in [-0.39, 0.29) is 12.7 Å². The molecular formula is C33H61NO5P+. The molecule has 6 nitrogen and oxygen atoms in total. The summed E-state index contributed by atoms with van der Waals surface area (Å²) in [7, 11) is -1.88. The fraction of sp³-hybridized carbons (Fsp3) is 0.818. The van der Waals surface area contributed by atoms with Gasteiger partial charge in [0.1, 0.15) is 19.3 Å². The lowest BCUT2D eigenvalue weighted by Crippen LogP contribution is -3.18. The lowest BCUT2D eigenvalue weighted by atomic mass is 10.0. The minimum absolute atomic E-state index is 0.233. The first kappa shape index (κ1) is 35.6. The highest BCUT2D eigenvalue weighted by molar-refractivity contribution is 7.40. The zero-order chi connectivity index (χ0) is 28.4. The Hall–Kier alpha value is -0.590. The van der Waals surface area contributed by atoms with Gasteiger partial charge in [-0.15, -0.1) is 0 Å². The number of nitrogens with one attached hydrogen (secondary N) is 1. The van der Waals surface area contributed by atoms with Gasteiger partial charge in [-0.2, -0.15) is 0 Å². The van der Waals surface area contributed by atoms with Gasteiger partial charge in [-0.3, -0.25) is 0 Å². The van der Waals surface area contributed by atoms with Gasteiger partial charge in [0.2, 0.25) is 0 Å². The summed E-state index contributed by atoms with van der Waals surface area (Å²) in [4.78, 5) is 11.7. The molecule has 2 unspecified atom stereocenters. The number of quaternary nitrogens is 1. The molecule has 0 aromatic heterocycles. The van der Waals surface area contributed by atoms with Crippen molar-refractivity contribution in [3.8, 4) is 0 Å².